The van der Waals surface area contributed by atoms with E-state index < -0.39 is 0 Å². The number of benzene rings is 4. The minimum atomic E-state index is 0.821. The Labute approximate surface area is 211 Å². The number of halogens is 2. The van der Waals surface area contributed by atoms with Crippen molar-refractivity contribution in [3.05, 3.63) is 134 Å². The molecule has 0 radical (unpaired) electrons. The van der Waals surface area contributed by atoms with Crippen molar-refractivity contribution in [2.45, 2.75) is 0 Å². The van der Waals surface area contributed by atoms with Gasteiger partial charge in [0.05, 0.1) is 14.2 Å². The number of rotatable bonds is 6. The smallest absolute Gasteiger partial charge is 0.118 e. The van der Waals surface area contributed by atoms with Gasteiger partial charge in [0.25, 0.3) is 0 Å². The van der Waals surface area contributed by atoms with Crippen molar-refractivity contribution in [2.75, 3.05) is 14.2 Å². The molecule has 4 aromatic rings. The topological polar surface area (TPSA) is 18.5 Å². The molecule has 4 rings (SSSR count). The molecule has 0 bridgehead atoms. The van der Waals surface area contributed by atoms with Gasteiger partial charge in [-0.25, -0.2) is 0 Å². The molecule has 33 heavy (non-hydrogen) atoms. The lowest BCUT2D eigenvalue weighted by atomic mass is 9.93. The molecule has 0 unspecified atom stereocenters. The Morgan fingerprint density at radius 3 is 1.03 bits per heavy atom. The summed E-state index contributed by atoms with van der Waals surface area (Å²) in [6.45, 7) is 0. The lowest BCUT2D eigenvalue weighted by Gasteiger charge is -2.11. The maximum atomic E-state index is 5.37. The van der Waals surface area contributed by atoms with Gasteiger partial charge >= 0.3 is 0 Å². The highest BCUT2D eigenvalue weighted by Crippen LogP contribution is 2.31. The molecule has 0 heterocycles. The lowest BCUT2D eigenvalue weighted by molar-refractivity contribution is 0.414. The zero-order valence-corrected chi connectivity index (χ0v) is 21.5. The standard InChI is InChI=1S/C29H22Br2O2/c1-32-26-15-7-22(8-16-26)28(20-3-11-24(30)12-4-20)19-29(21-5-13-25(31)14-6-21)23-9-17-27(33-2)18-10-23/h3-18H,1-2H3. The minimum absolute atomic E-state index is 0.821. The van der Waals surface area contributed by atoms with Gasteiger partial charge in [-0.05, 0) is 70.8 Å². The van der Waals surface area contributed by atoms with Crippen LogP contribution in [0.1, 0.15) is 22.3 Å². The van der Waals surface area contributed by atoms with Gasteiger partial charge in [0.15, 0.2) is 0 Å². The van der Waals surface area contributed by atoms with Gasteiger partial charge in [0.2, 0.25) is 0 Å². The SMILES string of the molecule is COc1ccc(C(=C=C(c2ccc(Br)cc2)c2ccc(OC)cc2)c2ccc(Br)cc2)cc1. The van der Waals surface area contributed by atoms with E-state index in [2.05, 4.69) is 86.1 Å². The Balaban J connectivity index is 2.01. The minimum Gasteiger partial charge on any atom is -0.497 e. The third kappa shape index (κ3) is 5.66. The quantitative estimate of drug-likeness (QED) is 0.220. The normalized spacial score (nSPS) is 10.3. The summed E-state index contributed by atoms with van der Waals surface area (Å²) in [7, 11) is 3.35. The van der Waals surface area contributed by atoms with E-state index in [1.807, 2.05) is 48.5 Å². The average Bonchev–Trinajstić information content (AvgIpc) is 2.86. The summed E-state index contributed by atoms with van der Waals surface area (Å²) >= 11 is 7.09. The highest BCUT2D eigenvalue weighted by molar-refractivity contribution is 9.10. The molecule has 4 heteroatoms. The predicted octanol–water partition coefficient (Wildman–Crippen LogP) is 8.39. The Hall–Kier alpha value is -3.04. The van der Waals surface area contributed by atoms with Crippen LogP contribution >= 0.6 is 31.9 Å². The predicted molar refractivity (Wildman–Crippen MR) is 143 cm³/mol. The molecule has 0 amide bonds. The summed E-state index contributed by atoms with van der Waals surface area (Å²) in [6, 6.07) is 32.8. The monoisotopic (exact) mass is 560 g/mol. The summed E-state index contributed by atoms with van der Waals surface area (Å²) in [6.07, 6.45) is 0. The number of ether oxygens (including phenoxy) is 2. The van der Waals surface area contributed by atoms with Crippen molar-refractivity contribution < 1.29 is 9.47 Å². The van der Waals surface area contributed by atoms with Gasteiger partial charge in [-0.1, -0.05) is 80.4 Å². The highest BCUT2D eigenvalue weighted by atomic mass is 79.9. The molecule has 2 nitrogen and oxygen atoms in total. The van der Waals surface area contributed by atoms with E-state index in [0.717, 1.165) is 53.8 Å². The Morgan fingerprint density at radius 2 is 0.758 bits per heavy atom. The van der Waals surface area contributed by atoms with Crippen LogP contribution in [-0.2, 0) is 0 Å². The fourth-order valence-electron chi connectivity index (χ4n) is 3.50. The fourth-order valence-corrected chi connectivity index (χ4v) is 4.02. The van der Waals surface area contributed by atoms with Crippen molar-refractivity contribution in [3.8, 4) is 11.5 Å². The third-order valence-electron chi connectivity index (χ3n) is 5.27. The van der Waals surface area contributed by atoms with Crippen LogP contribution in [0.2, 0.25) is 0 Å². The van der Waals surface area contributed by atoms with E-state index >= 15 is 0 Å². The maximum absolute atomic E-state index is 5.37. The number of hydrogen-bond acceptors (Lipinski definition) is 2. The van der Waals surface area contributed by atoms with E-state index in [1.165, 1.54) is 0 Å². The molecule has 4 aromatic carbocycles. The summed E-state index contributed by atoms with van der Waals surface area (Å²) in [5, 5.41) is 0. The van der Waals surface area contributed by atoms with Gasteiger partial charge in [-0.3, -0.25) is 0 Å². The molecule has 0 fully saturated rings. The van der Waals surface area contributed by atoms with Crippen molar-refractivity contribution in [1.29, 1.82) is 0 Å². The van der Waals surface area contributed by atoms with Crippen LogP contribution in [0.25, 0.3) is 11.1 Å². The molecular formula is C29H22Br2O2. The van der Waals surface area contributed by atoms with Crippen LogP contribution < -0.4 is 9.47 Å². The summed E-state index contributed by atoms with van der Waals surface area (Å²) in [4.78, 5) is 0. The molecule has 0 aliphatic rings. The lowest BCUT2D eigenvalue weighted by Crippen LogP contribution is -1.92. The van der Waals surface area contributed by atoms with Crippen molar-refractivity contribution in [3.63, 3.8) is 0 Å². The zero-order valence-electron chi connectivity index (χ0n) is 18.3. The van der Waals surface area contributed by atoms with Gasteiger partial charge in [0, 0.05) is 20.1 Å². The number of methoxy groups -OCH3 is 2. The molecular weight excluding hydrogens is 540 g/mol. The first kappa shape index (κ1) is 23.1. The largest absolute Gasteiger partial charge is 0.497 e. The van der Waals surface area contributed by atoms with E-state index in [-0.39, 0.29) is 0 Å². The second kappa shape index (κ2) is 10.7. The van der Waals surface area contributed by atoms with Crippen LogP contribution in [0, 0.1) is 0 Å². The van der Waals surface area contributed by atoms with Gasteiger partial charge in [0.1, 0.15) is 11.5 Å². The van der Waals surface area contributed by atoms with Crippen LogP contribution in [0.4, 0.5) is 0 Å². The summed E-state index contributed by atoms with van der Waals surface area (Å²) in [5.41, 5.74) is 10.0. The second-order valence-corrected chi connectivity index (χ2v) is 9.18. The van der Waals surface area contributed by atoms with E-state index in [4.69, 9.17) is 9.47 Å². The second-order valence-electron chi connectivity index (χ2n) is 7.35. The molecule has 164 valence electrons. The Kier molecular flexibility index (Phi) is 7.51. The molecule has 0 atom stereocenters. The fraction of sp³-hybridized carbons (Fsp3) is 0.0690. The first-order valence-electron chi connectivity index (χ1n) is 10.4. The molecule has 0 saturated carbocycles. The molecule has 0 aromatic heterocycles. The number of hydrogen-bond donors (Lipinski definition) is 0. The van der Waals surface area contributed by atoms with Crippen LogP contribution in [-0.4, -0.2) is 14.2 Å². The van der Waals surface area contributed by atoms with Crippen molar-refractivity contribution >= 4 is 43.0 Å². The summed E-state index contributed by atoms with van der Waals surface area (Å²) < 4.78 is 12.8. The molecule has 0 spiro atoms. The van der Waals surface area contributed by atoms with Crippen molar-refractivity contribution in [2.24, 2.45) is 0 Å². The first-order valence-corrected chi connectivity index (χ1v) is 12.0. The zero-order chi connectivity index (χ0) is 23.2. The van der Waals surface area contributed by atoms with Gasteiger partial charge in [-0.2, -0.15) is 0 Å². The van der Waals surface area contributed by atoms with Crippen LogP contribution in [0.5, 0.6) is 11.5 Å². The van der Waals surface area contributed by atoms with Crippen molar-refractivity contribution in [1.82, 2.24) is 0 Å². The van der Waals surface area contributed by atoms with E-state index in [1.54, 1.807) is 14.2 Å². The van der Waals surface area contributed by atoms with Gasteiger partial charge in [-0.15, -0.1) is 5.73 Å². The third-order valence-corrected chi connectivity index (χ3v) is 6.33. The van der Waals surface area contributed by atoms with E-state index in [9.17, 15) is 0 Å². The first-order chi connectivity index (χ1) is 16.1. The summed E-state index contributed by atoms with van der Waals surface area (Å²) in [5.74, 6) is 1.64. The maximum Gasteiger partial charge on any atom is 0.118 e. The molecule has 0 saturated heterocycles. The molecule has 0 aliphatic heterocycles. The Bertz CT molecular complexity index is 1180. The van der Waals surface area contributed by atoms with E-state index in [0.29, 0.717) is 0 Å². The molecule has 0 aliphatic carbocycles. The van der Waals surface area contributed by atoms with Crippen LogP contribution in [0.15, 0.2) is 112 Å². The molecule has 0 N–H and O–H groups in total. The highest BCUT2D eigenvalue weighted by Gasteiger charge is 2.10. The Morgan fingerprint density at radius 1 is 0.485 bits per heavy atom. The van der Waals surface area contributed by atoms with Crippen LogP contribution in [0.3, 0.4) is 0 Å². The van der Waals surface area contributed by atoms with Gasteiger partial charge < -0.3 is 9.47 Å². The average molecular weight is 562 g/mol.